The van der Waals surface area contributed by atoms with Crippen LogP contribution < -0.4 is 5.32 Å². The summed E-state index contributed by atoms with van der Waals surface area (Å²) >= 11 is 0. The number of nitrogens with one attached hydrogen (secondary N) is 1. The van der Waals surface area contributed by atoms with E-state index in [2.05, 4.69) is 17.5 Å². The molecule has 0 unspecified atom stereocenters. The summed E-state index contributed by atoms with van der Waals surface area (Å²) in [6, 6.07) is 3.81. The minimum Gasteiger partial charge on any atom is -0.387 e. The number of carbonyl (C=O) groups is 1. The molecule has 1 heterocycles. The first kappa shape index (κ1) is 13.9. The number of aryl methyl sites for hydroxylation is 1. The number of hydrogen-bond donors (Lipinski definition) is 2. The Morgan fingerprint density at radius 1 is 1.58 bits per heavy atom. The van der Waals surface area contributed by atoms with Crippen LogP contribution in [-0.2, 0) is 11.8 Å². The fourth-order valence-corrected chi connectivity index (χ4v) is 2.48. The van der Waals surface area contributed by atoms with Gasteiger partial charge in [0.1, 0.15) is 0 Å². The average Bonchev–Trinajstić information content (AvgIpc) is 2.86. The molecule has 2 N–H and O–H groups in total. The van der Waals surface area contributed by atoms with Gasteiger partial charge in [-0.1, -0.05) is 12.2 Å². The van der Waals surface area contributed by atoms with E-state index in [4.69, 9.17) is 0 Å². The number of rotatable bonds is 5. The van der Waals surface area contributed by atoms with Crippen LogP contribution in [0.3, 0.4) is 0 Å². The predicted molar refractivity (Wildman–Crippen MR) is 74.5 cm³/mol. The van der Waals surface area contributed by atoms with Crippen LogP contribution >= 0.6 is 0 Å². The highest BCUT2D eigenvalue weighted by molar-refractivity contribution is 5.78. The van der Waals surface area contributed by atoms with E-state index in [-0.39, 0.29) is 11.8 Å². The highest BCUT2D eigenvalue weighted by Crippen LogP contribution is 2.19. The lowest BCUT2D eigenvalue weighted by Gasteiger charge is -2.18. The summed E-state index contributed by atoms with van der Waals surface area (Å²) in [5.74, 6) is 0.223. The van der Waals surface area contributed by atoms with Crippen LogP contribution in [0.25, 0.3) is 0 Å². The zero-order valence-corrected chi connectivity index (χ0v) is 11.4. The molecule has 0 saturated carbocycles. The van der Waals surface area contributed by atoms with Crippen molar-refractivity contribution < 1.29 is 9.90 Å². The maximum Gasteiger partial charge on any atom is 0.223 e. The first-order valence-corrected chi connectivity index (χ1v) is 6.90. The van der Waals surface area contributed by atoms with Gasteiger partial charge < -0.3 is 15.0 Å². The number of aromatic nitrogens is 1. The largest absolute Gasteiger partial charge is 0.387 e. The molecule has 4 heteroatoms. The number of carbonyl (C=O) groups excluding carboxylic acids is 1. The third kappa shape index (κ3) is 3.70. The molecule has 1 amide bonds. The number of aliphatic hydroxyl groups excluding tert-OH is 1. The molecule has 1 aromatic rings. The Balaban J connectivity index is 1.73. The lowest BCUT2D eigenvalue weighted by molar-refractivity contribution is -0.125. The molecule has 0 aromatic carbocycles. The van der Waals surface area contributed by atoms with Gasteiger partial charge in [0.25, 0.3) is 0 Å². The molecule has 1 aliphatic carbocycles. The zero-order chi connectivity index (χ0) is 13.7. The van der Waals surface area contributed by atoms with Crippen LogP contribution in [0.1, 0.15) is 37.5 Å². The van der Waals surface area contributed by atoms with E-state index < -0.39 is 6.10 Å². The van der Waals surface area contributed by atoms with E-state index in [1.54, 1.807) is 0 Å². The third-order valence-corrected chi connectivity index (χ3v) is 3.68. The second-order valence-electron chi connectivity index (χ2n) is 5.12. The Morgan fingerprint density at radius 2 is 2.42 bits per heavy atom. The Kier molecular flexibility index (Phi) is 4.80. The second kappa shape index (κ2) is 6.57. The van der Waals surface area contributed by atoms with Gasteiger partial charge in [-0.05, 0) is 37.8 Å². The number of allylic oxidation sites excluding steroid dienone is 2. The van der Waals surface area contributed by atoms with Crippen LogP contribution in [0.4, 0.5) is 0 Å². The third-order valence-electron chi connectivity index (χ3n) is 3.68. The smallest absolute Gasteiger partial charge is 0.223 e. The van der Waals surface area contributed by atoms with Gasteiger partial charge in [-0.3, -0.25) is 4.79 Å². The molecule has 0 bridgehead atoms. The topological polar surface area (TPSA) is 54.3 Å². The summed E-state index contributed by atoms with van der Waals surface area (Å²) < 4.78 is 1.90. The SMILES string of the molecule is Cn1cccc1[C@H](O)CCNC(=O)[C@H]1CC=CCC1. The van der Waals surface area contributed by atoms with Gasteiger partial charge in [-0.15, -0.1) is 0 Å². The van der Waals surface area contributed by atoms with Gasteiger partial charge in [0, 0.05) is 31.4 Å². The van der Waals surface area contributed by atoms with Crippen LogP contribution in [0, 0.1) is 5.92 Å². The molecule has 1 aliphatic rings. The highest BCUT2D eigenvalue weighted by Gasteiger charge is 2.18. The molecule has 2 atom stereocenters. The summed E-state index contributed by atoms with van der Waals surface area (Å²) in [5.41, 5.74) is 0.884. The normalized spacial score (nSPS) is 20.2. The van der Waals surface area contributed by atoms with Crippen molar-refractivity contribution in [1.82, 2.24) is 9.88 Å². The Bertz CT molecular complexity index is 451. The summed E-state index contributed by atoms with van der Waals surface area (Å²) in [4.78, 5) is 11.9. The standard InChI is InChI=1S/C15H22N2O2/c1-17-11-5-8-13(17)14(18)9-10-16-15(19)12-6-3-2-4-7-12/h2-3,5,8,11-12,14,18H,4,6-7,9-10H2,1H3,(H,16,19)/t12-,14+/m0/s1. The van der Waals surface area contributed by atoms with Crippen LogP contribution in [0.15, 0.2) is 30.5 Å². The molecular formula is C15H22N2O2. The lowest BCUT2D eigenvalue weighted by Crippen LogP contribution is -2.32. The van der Waals surface area contributed by atoms with E-state index in [0.29, 0.717) is 13.0 Å². The Hall–Kier alpha value is -1.55. The predicted octanol–water partition coefficient (Wildman–Crippen LogP) is 1.92. The quantitative estimate of drug-likeness (QED) is 0.797. The van der Waals surface area contributed by atoms with Gasteiger partial charge in [0.2, 0.25) is 5.91 Å². The van der Waals surface area contributed by atoms with E-state index in [9.17, 15) is 9.90 Å². The minimum absolute atomic E-state index is 0.108. The summed E-state index contributed by atoms with van der Waals surface area (Å²) in [6.45, 7) is 0.519. The highest BCUT2D eigenvalue weighted by atomic mass is 16.3. The van der Waals surface area contributed by atoms with Crippen molar-refractivity contribution in [3.63, 3.8) is 0 Å². The Labute approximate surface area is 114 Å². The maximum absolute atomic E-state index is 11.9. The zero-order valence-electron chi connectivity index (χ0n) is 11.4. The van der Waals surface area contributed by atoms with Gasteiger partial charge in [0.15, 0.2) is 0 Å². The summed E-state index contributed by atoms with van der Waals surface area (Å²) in [5, 5.41) is 13.0. The van der Waals surface area contributed by atoms with Gasteiger partial charge in [-0.25, -0.2) is 0 Å². The van der Waals surface area contributed by atoms with Gasteiger partial charge in [0.05, 0.1) is 6.10 Å². The second-order valence-corrected chi connectivity index (χ2v) is 5.12. The lowest BCUT2D eigenvalue weighted by atomic mass is 9.93. The van der Waals surface area contributed by atoms with Crippen molar-refractivity contribution in [2.24, 2.45) is 13.0 Å². The molecule has 19 heavy (non-hydrogen) atoms. The van der Waals surface area contributed by atoms with Crippen molar-refractivity contribution in [2.75, 3.05) is 6.54 Å². The van der Waals surface area contributed by atoms with Gasteiger partial charge >= 0.3 is 0 Å². The first-order chi connectivity index (χ1) is 9.18. The van der Waals surface area contributed by atoms with Crippen LogP contribution in [0.5, 0.6) is 0 Å². The molecule has 0 radical (unpaired) electrons. The van der Waals surface area contributed by atoms with Crippen molar-refractivity contribution in [1.29, 1.82) is 0 Å². The molecule has 0 saturated heterocycles. The van der Waals surface area contributed by atoms with Crippen LogP contribution in [-0.4, -0.2) is 22.1 Å². The molecule has 0 spiro atoms. The molecule has 0 aliphatic heterocycles. The number of hydrogen-bond acceptors (Lipinski definition) is 2. The fraction of sp³-hybridized carbons (Fsp3) is 0.533. The number of nitrogens with zero attached hydrogens (tertiary/aromatic N) is 1. The number of amides is 1. The molecular weight excluding hydrogens is 240 g/mol. The number of aliphatic hydroxyl groups is 1. The van der Waals surface area contributed by atoms with Crippen molar-refractivity contribution >= 4 is 5.91 Å². The monoisotopic (exact) mass is 262 g/mol. The average molecular weight is 262 g/mol. The van der Waals surface area contributed by atoms with E-state index >= 15 is 0 Å². The van der Waals surface area contributed by atoms with Crippen molar-refractivity contribution in [3.05, 3.63) is 36.2 Å². The molecule has 2 rings (SSSR count). The van der Waals surface area contributed by atoms with E-state index in [0.717, 1.165) is 25.0 Å². The van der Waals surface area contributed by atoms with Crippen molar-refractivity contribution in [3.8, 4) is 0 Å². The molecule has 1 aromatic heterocycles. The first-order valence-electron chi connectivity index (χ1n) is 6.90. The molecule has 104 valence electrons. The Morgan fingerprint density at radius 3 is 3.05 bits per heavy atom. The van der Waals surface area contributed by atoms with Gasteiger partial charge in [-0.2, -0.15) is 0 Å². The fourth-order valence-electron chi connectivity index (χ4n) is 2.48. The molecule has 4 nitrogen and oxygen atoms in total. The van der Waals surface area contributed by atoms with Crippen molar-refractivity contribution in [2.45, 2.75) is 31.8 Å². The summed E-state index contributed by atoms with van der Waals surface area (Å²) in [6.07, 6.45) is 8.90. The maximum atomic E-state index is 11.9. The summed E-state index contributed by atoms with van der Waals surface area (Å²) in [7, 11) is 1.91. The van der Waals surface area contributed by atoms with E-state index in [1.807, 2.05) is 29.9 Å². The minimum atomic E-state index is -0.522. The van der Waals surface area contributed by atoms with Crippen LogP contribution in [0.2, 0.25) is 0 Å². The molecule has 0 fully saturated rings. The van der Waals surface area contributed by atoms with E-state index in [1.165, 1.54) is 0 Å².